The van der Waals surface area contributed by atoms with Crippen LogP contribution in [0.1, 0.15) is 123 Å². The monoisotopic (exact) mass is 780 g/mol. The van der Waals surface area contributed by atoms with E-state index < -0.39 is 21.3 Å². The second-order valence-electron chi connectivity index (χ2n) is 16.2. The maximum atomic E-state index is 2.64. The Labute approximate surface area is 323 Å². The van der Waals surface area contributed by atoms with E-state index in [4.69, 9.17) is 0 Å². The third-order valence-electron chi connectivity index (χ3n) is 10.5. The van der Waals surface area contributed by atoms with E-state index in [9.17, 15) is 0 Å². The number of hydrogen-bond donors (Lipinski definition) is 0. The van der Waals surface area contributed by atoms with E-state index in [2.05, 4.69) is 152 Å². The molecule has 0 saturated heterocycles. The SMILES string of the molecule is CCCC[C](CCCC)=[Zr+2]([C]1=CC=CC1)[c]1c2c(cc(C(C)(C)C)c1-c1ccccc1)-c1cc(C(C)(C)C)c(-c3ccccc3)cc1C2.[Cl-].[Cl-]. The van der Waals surface area contributed by atoms with Crippen molar-refractivity contribution in [3.05, 3.63) is 123 Å². The first-order chi connectivity index (χ1) is 23.0. The van der Waals surface area contributed by atoms with Gasteiger partial charge in [0.2, 0.25) is 0 Å². The average molecular weight is 783 g/mol. The van der Waals surface area contributed by atoms with E-state index in [0.29, 0.717) is 0 Å². The van der Waals surface area contributed by atoms with Crippen molar-refractivity contribution in [2.45, 2.75) is 118 Å². The van der Waals surface area contributed by atoms with E-state index in [-0.39, 0.29) is 35.6 Å². The van der Waals surface area contributed by atoms with E-state index in [1.807, 2.05) is 3.21 Å². The first kappa shape index (κ1) is 40.5. The van der Waals surface area contributed by atoms with E-state index in [1.165, 1.54) is 83.0 Å². The van der Waals surface area contributed by atoms with Gasteiger partial charge in [-0.25, -0.2) is 0 Å². The molecule has 262 valence electrons. The Morgan fingerprint density at radius 1 is 0.660 bits per heavy atom. The van der Waals surface area contributed by atoms with Crippen molar-refractivity contribution < 1.29 is 46.1 Å². The van der Waals surface area contributed by atoms with E-state index in [0.717, 1.165) is 12.8 Å². The van der Waals surface area contributed by atoms with Gasteiger partial charge in [0, 0.05) is 0 Å². The Balaban J connectivity index is 0.00000281. The summed E-state index contributed by atoms with van der Waals surface area (Å²) in [5, 5.41) is 0. The molecular weight excluding hydrogens is 727 g/mol. The first-order valence-electron chi connectivity index (χ1n) is 18.6. The van der Waals surface area contributed by atoms with Crippen molar-refractivity contribution >= 4 is 6.48 Å². The summed E-state index contributed by atoms with van der Waals surface area (Å²) in [7, 11) is 0. The molecule has 3 heteroatoms. The van der Waals surface area contributed by atoms with Crippen molar-refractivity contribution in [3.8, 4) is 33.4 Å². The molecule has 0 nitrogen and oxygen atoms in total. The number of unbranched alkanes of at least 4 members (excludes halogenated alkanes) is 2. The van der Waals surface area contributed by atoms with Gasteiger partial charge in [-0.3, -0.25) is 0 Å². The quantitative estimate of drug-likeness (QED) is 0.146. The molecule has 0 bridgehead atoms. The Morgan fingerprint density at radius 3 is 1.74 bits per heavy atom. The van der Waals surface area contributed by atoms with Crippen molar-refractivity contribution in [2.75, 3.05) is 0 Å². The van der Waals surface area contributed by atoms with Crippen LogP contribution in [0.3, 0.4) is 0 Å². The summed E-state index contributed by atoms with van der Waals surface area (Å²) < 4.78 is 5.51. The van der Waals surface area contributed by atoms with Gasteiger partial charge < -0.3 is 24.8 Å². The molecule has 4 aromatic rings. The summed E-state index contributed by atoms with van der Waals surface area (Å²) in [6, 6.07) is 30.4. The topological polar surface area (TPSA) is 0 Å². The number of halogens is 2. The fraction of sp³-hybridized carbons (Fsp3) is 0.383. The van der Waals surface area contributed by atoms with Crippen LogP contribution in [0.15, 0.2) is 100 Å². The van der Waals surface area contributed by atoms with Crippen LogP contribution in [-0.2, 0) is 38.5 Å². The van der Waals surface area contributed by atoms with Crippen LogP contribution >= 0.6 is 0 Å². The summed E-state index contributed by atoms with van der Waals surface area (Å²) in [6.07, 6.45) is 17.2. The van der Waals surface area contributed by atoms with Crippen molar-refractivity contribution in [1.29, 1.82) is 0 Å². The molecule has 6 rings (SSSR count). The first-order valence-corrected chi connectivity index (χ1v) is 22.3. The summed E-state index contributed by atoms with van der Waals surface area (Å²) in [4.78, 5) is 0. The van der Waals surface area contributed by atoms with Gasteiger partial charge in [-0.15, -0.1) is 0 Å². The van der Waals surface area contributed by atoms with Crippen LogP contribution in [0.2, 0.25) is 0 Å². The minimum Gasteiger partial charge on any atom is -1.00 e. The summed E-state index contributed by atoms with van der Waals surface area (Å²) in [6.45, 7) is 19.2. The molecule has 0 aliphatic heterocycles. The van der Waals surface area contributed by atoms with Crippen LogP contribution in [0, 0.1) is 0 Å². The Bertz CT molecular complexity index is 1870. The Morgan fingerprint density at radius 2 is 1.22 bits per heavy atom. The van der Waals surface area contributed by atoms with Gasteiger partial charge in [-0.1, -0.05) is 0 Å². The molecule has 2 aliphatic rings. The van der Waals surface area contributed by atoms with Crippen LogP contribution in [-0.4, -0.2) is 3.21 Å². The minimum absolute atomic E-state index is 0. The zero-order valence-electron chi connectivity index (χ0n) is 31.7. The Kier molecular flexibility index (Phi) is 13.8. The van der Waals surface area contributed by atoms with Gasteiger partial charge in [0.05, 0.1) is 0 Å². The number of fused-ring (bicyclic) bond motifs is 3. The molecule has 0 spiro atoms. The van der Waals surface area contributed by atoms with Crippen molar-refractivity contribution in [2.24, 2.45) is 0 Å². The van der Waals surface area contributed by atoms with Gasteiger partial charge in [0.1, 0.15) is 0 Å². The summed E-state index contributed by atoms with van der Waals surface area (Å²) in [5.41, 5.74) is 14.9. The molecule has 0 unspecified atom stereocenters. The van der Waals surface area contributed by atoms with Gasteiger partial charge in [-0.2, -0.15) is 0 Å². The summed E-state index contributed by atoms with van der Waals surface area (Å²) >= 11 is -2.56. The minimum atomic E-state index is -2.56. The number of hydrogen-bond acceptors (Lipinski definition) is 0. The van der Waals surface area contributed by atoms with Crippen molar-refractivity contribution in [3.63, 3.8) is 0 Å². The smallest absolute Gasteiger partial charge is 1.00 e. The molecule has 0 amide bonds. The van der Waals surface area contributed by atoms with Gasteiger partial charge in [-0.05, 0) is 0 Å². The normalized spacial score (nSPS) is 13.1. The molecule has 2 aliphatic carbocycles. The molecular formula is C47H56Cl2Zr. The zero-order valence-corrected chi connectivity index (χ0v) is 35.6. The van der Waals surface area contributed by atoms with E-state index >= 15 is 0 Å². The second-order valence-corrected chi connectivity index (χ2v) is 22.6. The third-order valence-corrected chi connectivity index (χ3v) is 18.5. The third kappa shape index (κ3) is 8.33. The molecule has 4 aromatic carbocycles. The second kappa shape index (κ2) is 17.0. The molecule has 0 radical (unpaired) electrons. The zero-order chi connectivity index (χ0) is 34.1. The van der Waals surface area contributed by atoms with Gasteiger partial charge >= 0.3 is 301 Å². The van der Waals surface area contributed by atoms with Crippen LogP contribution in [0.25, 0.3) is 33.4 Å². The fourth-order valence-electron chi connectivity index (χ4n) is 7.98. The molecule has 0 atom stereocenters. The average Bonchev–Trinajstić information content (AvgIpc) is 3.73. The van der Waals surface area contributed by atoms with Crippen LogP contribution in [0.4, 0.5) is 0 Å². The van der Waals surface area contributed by atoms with Crippen LogP contribution < -0.4 is 28.1 Å². The standard InChI is InChI=1S/C33H33.C9H18.C5H5.2ClH.Zr/c1-32(2,3)30-20-26-24(18-28(30)22-13-9-7-10-14-22)17-25-19-29(23-15-11-8-12-16-23)31(21-27(25)26)33(4,5)6;1-3-5-7-9-8-6-4-2;1-2-4-5-3-1;;;/h7-16,18,20-21H,17H2,1-6H3;3-8H2,1-2H3;1-3H,4H2;2*1H;/q;;;;;+2/p-2. The molecule has 0 saturated carbocycles. The number of benzene rings is 4. The number of rotatable bonds is 10. The molecule has 0 fully saturated rings. The predicted octanol–water partition coefficient (Wildman–Crippen LogP) is 6.83. The van der Waals surface area contributed by atoms with Crippen LogP contribution in [0.5, 0.6) is 0 Å². The molecule has 0 heterocycles. The van der Waals surface area contributed by atoms with Gasteiger partial charge in [0.15, 0.2) is 0 Å². The van der Waals surface area contributed by atoms with Crippen molar-refractivity contribution in [1.82, 2.24) is 0 Å². The molecule has 50 heavy (non-hydrogen) atoms. The predicted molar refractivity (Wildman–Crippen MR) is 208 cm³/mol. The summed E-state index contributed by atoms with van der Waals surface area (Å²) in [5.74, 6) is 0. The Hall–Kier alpha value is -2.31. The maximum Gasteiger partial charge on any atom is -1.00 e. The van der Waals surface area contributed by atoms with Gasteiger partial charge in [0.25, 0.3) is 0 Å². The largest absolute Gasteiger partial charge is 1.00 e. The molecule has 0 aromatic heterocycles. The van der Waals surface area contributed by atoms with E-state index in [1.54, 1.807) is 17.7 Å². The fourth-order valence-corrected chi connectivity index (χ4v) is 16.9. The molecule has 0 N–H and O–H groups in total. The number of allylic oxidation sites excluding steroid dienone is 4. The maximum absolute atomic E-state index is 2.64.